The predicted octanol–water partition coefficient (Wildman–Crippen LogP) is 5.57. The van der Waals surface area contributed by atoms with Gasteiger partial charge in [0.2, 0.25) is 0 Å². The molecule has 32 heavy (non-hydrogen) atoms. The summed E-state index contributed by atoms with van der Waals surface area (Å²) >= 11 is 0. The summed E-state index contributed by atoms with van der Waals surface area (Å²) in [7, 11) is 0. The molecule has 2 amide bonds. The first-order valence-corrected chi connectivity index (χ1v) is 11.4. The number of fused-ring (bicyclic) bond motifs is 1. The van der Waals surface area contributed by atoms with E-state index in [1.165, 1.54) is 5.56 Å². The molecular formula is C26H32N2O4. The van der Waals surface area contributed by atoms with Crippen LogP contribution in [0.3, 0.4) is 0 Å². The third kappa shape index (κ3) is 5.06. The van der Waals surface area contributed by atoms with Gasteiger partial charge >= 0.3 is 12.2 Å². The minimum atomic E-state index is -0.487. The van der Waals surface area contributed by atoms with Crippen molar-refractivity contribution in [1.29, 1.82) is 0 Å². The summed E-state index contributed by atoms with van der Waals surface area (Å²) in [5, 5.41) is 0. The van der Waals surface area contributed by atoms with E-state index < -0.39 is 5.60 Å². The molecule has 0 aromatic heterocycles. The molecule has 2 heterocycles. The van der Waals surface area contributed by atoms with Gasteiger partial charge in [0.1, 0.15) is 12.2 Å². The molecule has 170 valence electrons. The maximum absolute atomic E-state index is 12.9. The average Bonchev–Trinajstić information content (AvgIpc) is 3.17. The molecule has 0 aliphatic carbocycles. The van der Waals surface area contributed by atoms with Gasteiger partial charge in [0.05, 0.1) is 5.69 Å². The maximum atomic E-state index is 12.9. The molecule has 6 nitrogen and oxygen atoms in total. The first kappa shape index (κ1) is 22.2. The summed E-state index contributed by atoms with van der Waals surface area (Å²) in [4.78, 5) is 28.9. The van der Waals surface area contributed by atoms with Gasteiger partial charge in [-0.05, 0) is 56.7 Å². The van der Waals surface area contributed by atoms with Gasteiger partial charge in [0.25, 0.3) is 0 Å². The Bertz CT molecular complexity index is 946. The van der Waals surface area contributed by atoms with E-state index in [0.717, 1.165) is 24.1 Å². The molecule has 2 aromatic carbocycles. The lowest BCUT2D eigenvalue weighted by molar-refractivity contribution is 0.0176. The van der Waals surface area contributed by atoms with E-state index in [9.17, 15) is 9.59 Å². The molecule has 2 aromatic rings. The monoisotopic (exact) mass is 436 g/mol. The zero-order chi connectivity index (χ0) is 22.7. The zero-order valence-electron chi connectivity index (χ0n) is 19.1. The number of likely N-dealkylation sites (tertiary alicyclic amines) is 1. The number of hydrogen-bond donors (Lipinski definition) is 0. The summed E-state index contributed by atoms with van der Waals surface area (Å²) < 4.78 is 11.1. The Morgan fingerprint density at radius 2 is 1.59 bits per heavy atom. The molecule has 4 rings (SSSR count). The lowest BCUT2D eigenvalue weighted by Crippen LogP contribution is -2.43. The van der Waals surface area contributed by atoms with Crippen LogP contribution in [0.25, 0.3) is 0 Å². The summed E-state index contributed by atoms with van der Waals surface area (Å²) in [6.45, 7) is 7.89. The lowest BCUT2D eigenvalue weighted by Gasteiger charge is -2.35. The van der Waals surface area contributed by atoms with Crippen molar-refractivity contribution in [3.8, 4) is 0 Å². The summed E-state index contributed by atoms with van der Waals surface area (Å²) in [6.07, 6.45) is 1.24. The molecule has 2 aliphatic heterocycles. The van der Waals surface area contributed by atoms with Crippen molar-refractivity contribution in [2.24, 2.45) is 5.92 Å². The predicted molar refractivity (Wildman–Crippen MR) is 124 cm³/mol. The molecule has 1 fully saturated rings. The fourth-order valence-electron chi connectivity index (χ4n) is 4.62. The second-order valence-corrected chi connectivity index (χ2v) is 9.62. The Balaban J connectivity index is 1.39. The normalized spacial score (nSPS) is 18.9. The first-order valence-electron chi connectivity index (χ1n) is 11.4. The van der Waals surface area contributed by atoms with Crippen LogP contribution in [-0.4, -0.2) is 42.3 Å². The Morgan fingerprint density at radius 1 is 0.938 bits per heavy atom. The number of nitrogens with zero attached hydrogens (tertiary/aromatic N) is 2. The van der Waals surface area contributed by atoms with E-state index in [1.807, 2.05) is 69.3 Å². The van der Waals surface area contributed by atoms with E-state index in [1.54, 1.807) is 9.80 Å². The van der Waals surface area contributed by atoms with Crippen molar-refractivity contribution in [2.75, 3.05) is 24.5 Å². The topological polar surface area (TPSA) is 59.1 Å². The molecular weight excluding hydrogens is 404 g/mol. The van der Waals surface area contributed by atoms with Crippen molar-refractivity contribution in [3.05, 3.63) is 65.7 Å². The number of hydrogen-bond acceptors (Lipinski definition) is 4. The van der Waals surface area contributed by atoms with Crippen molar-refractivity contribution >= 4 is 17.9 Å². The van der Waals surface area contributed by atoms with Crippen LogP contribution in [0.2, 0.25) is 0 Å². The smallest absolute Gasteiger partial charge is 0.414 e. The average molecular weight is 437 g/mol. The van der Waals surface area contributed by atoms with Crippen molar-refractivity contribution in [3.63, 3.8) is 0 Å². The molecule has 0 saturated carbocycles. The number of carbonyl (C=O) groups is 2. The fourth-order valence-corrected chi connectivity index (χ4v) is 4.62. The summed E-state index contributed by atoms with van der Waals surface area (Å²) in [5.41, 5.74) is 2.61. The number of para-hydroxylation sites is 1. The van der Waals surface area contributed by atoms with Gasteiger partial charge in [-0.3, -0.25) is 4.90 Å². The van der Waals surface area contributed by atoms with Gasteiger partial charge in [-0.15, -0.1) is 0 Å². The number of anilines is 1. The van der Waals surface area contributed by atoms with E-state index in [0.29, 0.717) is 25.6 Å². The second-order valence-electron chi connectivity index (χ2n) is 9.62. The third-order valence-corrected chi connectivity index (χ3v) is 6.19. The standard InChI is InChI=1S/C26H32N2O4/c1-26(2,3)32-24(29)27-15-13-20(14-16-27)22-17-28(23-12-8-7-11-21(22)23)25(30)31-18-19-9-5-4-6-10-19/h4-12,20,22H,13-18H2,1-3H3. The van der Waals surface area contributed by atoms with E-state index >= 15 is 0 Å². The Morgan fingerprint density at radius 3 is 2.28 bits per heavy atom. The van der Waals surface area contributed by atoms with Gasteiger partial charge in [0.15, 0.2) is 0 Å². The van der Waals surface area contributed by atoms with E-state index in [4.69, 9.17) is 9.47 Å². The number of amides is 2. The highest BCUT2D eigenvalue weighted by atomic mass is 16.6. The van der Waals surface area contributed by atoms with Crippen LogP contribution in [0.5, 0.6) is 0 Å². The molecule has 1 atom stereocenters. The van der Waals surface area contributed by atoms with Crippen molar-refractivity contribution in [2.45, 2.75) is 51.7 Å². The second kappa shape index (κ2) is 9.23. The maximum Gasteiger partial charge on any atom is 0.414 e. The molecule has 0 N–H and O–H groups in total. The van der Waals surface area contributed by atoms with Gasteiger partial charge in [0, 0.05) is 25.6 Å². The number of ether oxygens (including phenoxy) is 2. The summed E-state index contributed by atoms with van der Waals surface area (Å²) in [6, 6.07) is 17.8. The number of piperidine rings is 1. The van der Waals surface area contributed by atoms with Crippen LogP contribution in [0.1, 0.15) is 50.7 Å². The third-order valence-electron chi connectivity index (χ3n) is 6.19. The molecule has 0 spiro atoms. The van der Waals surface area contributed by atoms with E-state index in [2.05, 4.69) is 6.07 Å². The minimum absolute atomic E-state index is 0.242. The number of rotatable bonds is 3. The minimum Gasteiger partial charge on any atom is -0.444 e. The van der Waals surface area contributed by atoms with Gasteiger partial charge < -0.3 is 14.4 Å². The Kier molecular flexibility index (Phi) is 6.40. The fraction of sp³-hybridized carbons (Fsp3) is 0.462. The Hall–Kier alpha value is -3.02. The lowest BCUT2D eigenvalue weighted by atomic mass is 9.81. The van der Waals surface area contributed by atoms with Crippen LogP contribution in [0.4, 0.5) is 15.3 Å². The SMILES string of the molecule is CC(C)(C)OC(=O)N1CCC(C2CN(C(=O)OCc3ccccc3)c3ccccc32)CC1. The van der Waals surface area contributed by atoms with Crippen LogP contribution in [0, 0.1) is 5.92 Å². The van der Waals surface area contributed by atoms with Crippen LogP contribution in [0.15, 0.2) is 54.6 Å². The van der Waals surface area contributed by atoms with E-state index in [-0.39, 0.29) is 24.7 Å². The number of carbonyl (C=O) groups excluding carboxylic acids is 2. The number of benzene rings is 2. The Labute approximate surface area is 190 Å². The quantitative estimate of drug-likeness (QED) is 0.631. The van der Waals surface area contributed by atoms with Crippen LogP contribution >= 0.6 is 0 Å². The van der Waals surface area contributed by atoms with Crippen LogP contribution in [-0.2, 0) is 16.1 Å². The van der Waals surface area contributed by atoms with Crippen LogP contribution < -0.4 is 4.90 Å². The molecule has 2 aliphatic rings. The highest BCUT2D eigenvalue weighted by Crippen LogP contribution is 2.43. The first-order chi connectivity index (χ1) is 15.3. The van der Waals surface area contributed by atoms with Gasteiger partial charge in [-0.2, -0.15) is 0 Å². The largest absolute Gasteiger partial charge is 0.444 e. The zero-order valence-corrected chi connectivity index (χ0v) is 19.1. The highest BCUT2D eigenvalue weighted by Gasteiger charge is 2.39. The molecule has 1 saturated heterocycles. The van der Waals surface area contributed by atoms with Crippen molar-refractivity contribution in [1.82, 2.24) is 4.90 Å². The summed E-state index contributed by atoms with van der Waals surface area (Å²) in [5.74, 6) is 0.651. The van der Waals surface area contributed by atoms with Gasteiger partial charge in [-0.25, -0.2) is 9.59 Å². The van der Waals surface area contributed by atoms with Gasteiger partial charge in [-0.1, -0.05) is 48.5 Å². The molecule has 0 radical (unpaired) electrons. The highest BCUT2D eigenvalue weighted by molar-refractivity contribution is 5.91. The molecule has 6 heteroatoms. The van der Waals surface area contributed by atoms with Crippen molar-refractivity contribution < 1.29 is 19.1 Å². The molecule has 1 unspecified atom stereocenters. The molecule has 0 bridgehead atoms.